The van der Waals surface area contributed by atoms with Crippen molar-refractivity contribution in [3.05, 3.63) is 61.1 Å². The molecule has 0 saturated carbocycles. The molecule has 0 atom stereocenters. The molecule has 2 saturated heterocycles. The van der Waals surface area contributed by atoms with Crippen LogP contribution in [-0.4, -0.2) is 72.8 Å². The van der Waals surface area contributed by atoms with Gasteiger partial charge in [0.15, 0.2) is 0 Å². The smallest absolute Gasteiger partial charge is 0.243 e. The van der Waals surface area contributed by atoms with Crippen molar-refractivity contribution < 1.29 is 13.2 Å². The molecule has 0 radical (unpaired) electrons. The van der Waals surface area contributed by atoms with Crippen LogP contribution in [0.1, 0.15) is 0 Å². The first-order chi connectivity index (χ1) is 15.0. The van der Waals surface area contributed by atoms with E-state index in [0.717, 1.165) is 24.3 Å². The zero-order valence-corrected chi connectivity index (χ0v) is 17.8. The third-order valence-corrected chi connectivity index (χ3v) is 7.91. The van der Waals surface area contributed by atoms with Crippen LogP contribution in [0.15, 0.2) is 66.0 Å². The average Bonchev–Trinajstić information content (AvgIpc) is 2.78. The van der Waals surface area contributed by atoms with E-state index in [9.17, 15) is 13.2 Å². The first kappa shape index (κ1) is 19.9. The van der Waals surface area contributed by atoms with E-state index in [1.165, 1.54) is 4.31 Å². The third kappa shape index (κ3) is 3.64. The second-order valence-corrected chi connectivity index (χ2v) is 9.78. The number of amides is 1. The lowest BCUT2D eigenvalue weighted by Gasteiger charge is -2.42. The second-order valence-electron chi connectivity index (χ2n) is 7.87. The molecule has 9 heteroatoms. The first-order valence-corrected chi connectivity index (χ1v) is 11.8. The maximum absolute atomic E-state index is 13.1. The lowest BCUT2D eigenvalue weighted by molar-refractivity contribution is -0.139. The van der Waals surface area contributed by atoms with Crippen molar-refractivity contribution in [2.24, 2.45) is 5.92 Å². The van der Waals surface area contributed by atoms with E-state index in [-0.39, 0.29) is 29.8 Å². The van der Waals surface area contributed by atoms with Gasteiger partial charge in [-0.3, -0.25) is 9.78 Å². The van der Waals surface area contributed by atoms with Crippen molar-refractivity contribution >= 4 is 32.5 Å². The van der Waals surface area contributed by atoms with Crippen molar-refractivity contribution in [1.82, 2.24) is 19.2 Å². The number of carbonyl (C=O) groups is 1. The van der Waals surface area contributed by atoms with Crippen molar-refractivity contribution in [1.29, 1.82) is 0 Å². The average molecular weight is 438 g/mol. The molecule has 1 amide bonds. The Kier molecular flexibility index (Phi) is 5.07. The summed E-state index contributed by atoms with van der Waals surface area (Å²) in [4.78, 5) is 25.6. The van der Waals surface area contributed by atoms with E-state index in [1.54, 1.807) is 36.8 Å². The van der Waals surface area contributed by atoms with Crippen molar-refractivity contribution in [2.75, 3.05) is 44.2 Å². The Bertz CT molecular complexity index is 1200. The molecule has 0 unspecified atom stereocenters. The number of pyridine rings is 2. The standard InChI is InChI=1S/C22H23N5O3S/c28-22(26-12-10-25(11-13-26)21-6-1-2-8-24-21)18-15-27(16-18)31(29,30)20-5-3-4-17-14-23-9-7-19(17)20/h1-9,14,18H,10-13,15-16H2. The highest BCUT2D eigenvalue weighted by atomic mass is 32.2. The molecule has 1 aromatic carbocycles. The van der Waals surface area contributed by atoms with Gasteiger partial charge in [0.05, 0.1) is 10.8 Å². The molecule has 8 nitrogen and oxygen atoms in total. The quantitative estimate of drug-likeness (QED) is 0.616. The number of rotatable bonds is 4. The van der Waals surface area contributed by atoms with Crippen molar-refractivity contribution in [3.8, 4) is 0 Å². The van der Waals surface area contributed by atoms with Gasteiger partial charge in [0.25, 0.3) is 0 Å². The minimum Gasteiger partial charge on any atom is -0.353 e. The van der Waals surface area contributed by atoms with E-state index < -0.39 is 10.0 Å². The Labute approximate surface area is 181 Å². The Morgan fingerprint density at radius 1 is 0.935 bits per heavy atom. The summed E-state index contributed by atoms with van der Waals surface area (Å²) in [5.74, 6) is 0.669. The molecule has 2 aliphatic rings. The van der Waals surface area contributed by atoms with Crippen LogP contribution in [0.3, 0.4) is 0 Å². The molecule has 5 rings (SSSR count). The Balaban J connectivity index is 1.22. The molecule has 0 spiro atoms. The summed E-state index contributed by atoms with van der Waals surface area (Å²) in [5, 5.41) is 1.43. The predicted molar refractivity (Wildman–Crippen MR) is 117 cm³/mol. The molecule has 2 fully saturated rings. The molecule has 0 N–H and O–H groups in total. The molecule has 2 aromatic heterocycles. The van der Waals surface area contributed by atoms with Gasteiger partial charge in [-0.25, -0.2) is 13.4 Å². The van der Waals surface area contributed by atoms with Crippen LogP contribution in [0, 0.1) is 5.92 Å². The summed E-state index contributed by atoms with van der Waals surface area (Å²) >= 11 is 0. The second kappa shape index (κ2) is 7.90. The Hall–Kier alpha value is -3.04. The van der Waals surface area contributed by atoms with E-state index in [1.807, 2.05) is 29.2 Å². The number of nitrogens with zero attached hydrogens (tertiary/aromatic N) is 5. The lowest BCUT2D eigenvalue weighted by Crippen LogP contribution is -2.59. The van der Waals surface area contributed by atoms with Crippen LogP contribution < -0.4 is 4.90 Å². The fraction of sp³-hybridized carbons (Fsp3) is 0.318. The molecular formula is C22H23N5O3S. The summed E-state index contributed by atoms with van der Waals surface area (Å²) in [7, 11) is -3.65. The maximum Gasteiger partial charge on any atom is 0.243 e. The van der Waals surface area contributed by atoms with Crippen LogP contribution in [0.25, 0.3) is 10.8 Å². The molecule has 2 aliphatic heterocycles. The predicted octanol–water partition coefficient (Wildman–Crippen LogP) is 1.60. The molecule has 160 valence electrons. The number of anilines is 1. The highest BCUT2D eigenvalue weighted by Gasteiger charge is 2.42. The van der Waals surface area contributed by atoms with E-state index >= 15 is 0 Å². The van der Waals surface area contributed by atoms with Gasteiger partial charge in [0, 0.05) is 68.6 Å². The monoisotopic (exact) mass is 437 g/mol. The third-order valence-electron chi connectivity index (χ3n) is 6.02. The summed E-state index contributed by atoms with van der Waals surface area (Å²) in [5.41, 5.74) is 0. The van der Waals surface area contributed by atoms with Crippen LogP contribution in [0.4, 0.5) is 5.82 Å². The summed E-state index contributed by atoms with van der Waals surface area (Å²) < 4.78 is 27.7. The lowest BCUT2D eigenvalue weighted by atomic mass is 10.0. The molecule has 4 heterocycles. The van der Waals surface area contributed by atoms with Crippen LogP contribution in [0.2, 0.25) is 0 Å². The number of fused-ring (bicyclic) bond motifs is 1. The minimum atomic E-state index is -3.65. The van der Waals surface area contributed by atoms with E-state index in [0.29, 0.717) is 18.5 Å². The van der Waals surface area contributed by atoms with Crippen molar-refractivity contribution in [2.45, 2.75) is 4.90 Å². The molecular weight excluding hydrogens is 414 g/mol. The van der Waals surface area contributed by atoms with E-state index in [4.69, 9.17) is 0 Å². The number of carbonyl (C=O) groups excluding carboxylic acids is 1. The first-order valence-electron chi connectivity index (χ1n) is 10.3. The minimum absolute atomic E-state index is 0.0363. The van der Waals surface area contributed by atoms with Crippen LogP contribution in [-0.2, 0) is 14.8 Å². The van der Waals surface area contributed by atoms with Gasteiger partial charge in [0.2, 0.25) is 15.9 Å². The van der Waals surface area contributed by atoms with Gasteiger partial charge in [-0.15, -0.1) is 0 Å². The number of aromatic nitrogens is 2. The number of sulfonamides is 1. The SMILES string of the molecule is O=C(C1CN(S(=O)(=O)c2cccc3cnccc23)C1)N1CCN(c2ccccn2)CC1. The van der Waals surface area contributed by atoms with E-state index in [2.05, 4.69) is 14.9 Å². The summed E-state index contributed by atoms with van der Waals surface area (Å²) in [6.45, 7) is 3.14. The van der Waals surface area contributed by atoms with Crippen LogP contribution >= 0.6 is 0 Å². The molecule has 0 bridgehead atoms. The largest absolute Gasteiger partial charge is 0.353 e. The number of piperazine rings is 1. The highest BCUT2D eigenvalue weighted by Crippen LogP contribution is 2.30. The highest BCUT2D eigenvalue weighted by molar-refractivity contribution is 7.89. The summed E-state index contributed by atoms with van der Waals surface area (Å²) in [6, 6.07) is 12.7. The van der Waals surface area contributed by atoms with Crippen molar-refractivity contribution in [3.63, 3.8) is 0 Å². The molecule has 3 aromatic rings. The van der Waals surface area contributed by atoms with Gasteiger partial charge < -0.3 is 9.80 Å². The fourth-order valence-corrected chi connectivity index (χ4v) is 5.95. The zero-order valence-electron chi connectivity index (χ0n) is 17.0. The number of hydrogen-bond acceptors (Lipinski definition) is 6. The maximum atomic E-state index is 13.1. The van der Waals surface area contributed by atoms with Gasteiger partial charge in [-0.05, 0) is 24.3 Å². The number of hydrogen-bond donors (Lipinski definition) is 0. The fourth-order valence-electron chi connectivity index (χ4n) is 4.20. The van der Waals surface area contributed by atoms with Crippen LogP contribution in [0.5, 0.6) is 0 Å². The summed E-state index contributed by atoms with van der Waals surface area (Å²) in [6.07, 6.45) is 5.01. The van der Waals surface area contributed by atoms with Gasteiger partial charge in [-0.1, -0.05) is 18.2 Å². The topological polar surface area (TPSA) is 86.7 Å². The van der Waals surface area contributed by atoms with Gasteiger partial charge in [0.1, 0.15) is 5.82 Å². The molecule has 31 heavy (non-hydrogen) atoms. The van der Waals surface area contributed by atoms with Gasteiger partial charge in [-0.2, -0.15) is 4.31 Å². The Morgan fingerprint density at radius 2 is 1.74 bits per heavy atom. The Morgan fingerprint density at radius 3 is 2.48 bits per heavy atom. The normalized spacial score (nSPS) is 18.2. The number of benzene rings is 1. The van der Waals surface area contributed by atoms with Gasteiger partial charge >= 0.3 is 0 Å². The molecule has 0 aliphatic carbocycles. The zero-order chi connectivity index (χ0) is 21.4.